The fraction of sp³-hybridized carbons (Fsp3) is 0.389. The third-order valence-corrected chi connectivity index (χ3v) is 4.79. The lowest BCUT2D eigenvalue weighted by molar-refractivity contribution is -0.122. The zero-order valence-corrected chi connectivity index (χ0v) is 14.6. The van der Waals surface area contributed by atoms with Gasteiger partial charge in [0, 0.05) is 6.54 Å². The summed E-state index contributed by atoms with van der Waals surface area (Å²) in [5, 5.41) is 7.24. The maximum atomic E-state index is 12.4. The number of hydrogen-bond acceptors (Lipinski definition) is 4. The van der Waals surface area contributed by atoms with Crippen LogP contribution in [0.15, 0.2) is 47.2 Å². The number of carbonyl (C=O) groups is 1. The van der Waals surface area contributed by atoms with Crippen molar-refractivity contribution in [3.8, 4) is 0 Å². The third kappa shape index (κ3) is 4.64. The number of nitrogens with zero attached hydrogens (tertiary/aromatic N) is 1. The SMILES string of the molecule is CCN(CC)C(CNC(=O)C(N)c1ccccc1)c1ccsc1. The molecule has 0 aliphatic carbocycles. The molecule has 1 amide bonds. The molecule has 0 aliphatic rings. The van der Waals surface area contributed by atoms with Gasteiger partial charge in [-0.05, 0) is 41.0 Å². The standard InChI is InChI=1S/C18H25N3OS/c1-3-21(4-2)16(15-10-11-23-13-15)12-20-18(22)17(19)14-8-6-5-7-9-14/h5-11,13,16-17H,3-4,12,19H2,1-2H3,(H,20,22). The molecule has 0 spiro atoms. The molecule has 0 saturated heterocycles. The largest absolute Gasteiger partial charge is 0.353 e. The number of nitrogens with two attached hydrogens (primary N) is 1. The normalized spacial score (nSPS) is 13.7. The highest BCUT2D eigenvalue weighted by molar-refractivity contribution is 7.07. The lowest BCUT2D eigenvalue weighted by Crippen LogP contribution is -2.41. The minimum atomic E-state index is -0.629. The van der Waals surface area contributed by atoms with E-state index in [0.29, 0.717) is 6.54 Å². The third-order valence-electron chi connectivity index (χ3n) is 4.09. The van der Waals surface area contributed by atoms with Crippen molar-refractivity contribution in [2.24, 2.45) is 5.73 Å². The molecular formula is C18H25N3OS. The van der Waals surface area contributed by atoms with E-state index in [1.807, 2.05) is 30.3 Å². The second-order valence-corrected chi connectivity index (χ2v) is 6.21. The molecule has 0 bridgehead atoms. The van der Waals surface area contributed by atoms with Crippen LogP contribution in [0.2, 0.25) is 0 Å². The lowest BCUT2D eigenvalue weighted by atomic mass is 10.1. The summed E-state index contributed by atoms with van der Waals surface area (Å²) in [5.74, 6) is -0.136. The Morgan fingerprint density at radius 1 is 1.17 bits per heavy atom. The van der Waals surface area contributed by atoms with E-state index in [2.05, 4.69) is 40.9 Å². The van der Waals surface area contributed by atoms with Gasteiger partial charge in [0.05, 0.1) is 6.04 Å². The maximum absolute atomic E-state index is 12.4. The highest BCUT2D eigenvalue weighted by Gasteiger charge is 2.21. The van der Waals surface area contributed by atoms with Crippen LogP contribution < -0.4 is 11.1 Å². The number of nitrogens with one attached hydrogen (secondary N) is 1. The van der Waals surface area contributed by atoms with E-state index >= 15 is 0 Å². The van der Waals surface area contributed by atoms with Crippen molar-refractivity contribution in [1.82, 2.24) is 10.2 Å². The highest BCUT2D eigenvalue weighted by Crippen LogP contribution is 2.22. The average molecular weight is 331 g/mol. The van der Waals surface area contributed by atoms with Crippen LogP contribution in [0.3, 0.4) is 0 Å². The van der Waals surface area contributed by atoms with Crippen molar-refractivity contribution < 1.29 is 4.79 Å². The molecule has 1 heterocycles. The molecule has 3 N–H and O–H groups in total. The Morgan fingerprint density at radius 3 is 2.43 bits per heavy atom. The first-order chi connectivity index (χ1) is 11.2. The Hall–Kier alpha value is -1.69. The van der Waals surface area contributed by atoms with E-state index in [1.54, 1.807) is 11.3 Å². The lowest BCUT2D eigenvalue weighted by Gasteiger charge is -2.30. The molecule has 0 saturated carbocycles. The quantitative estimate of drug-likeness (QED) is 0.782. The number of rotatable bonds is 8. The average Bonchev–Trinajstić information content (AvgIpc) is 3.12. The molecular weight excluding hydrogens is 306 g/mol. The van der Waals surface area contributed by atoms with Crippen LogP contribution in [0.5, 0.6) is 0 Å². The fourth-order valence-electron chi connectivity index (χ4n) is 2.71. The Morgan fingerprint density at radius 2 is 1.87 bits per heavy atom. The van der Waals surface area contributed by atoms with Gasteiger partial charge in [-0.25, -0.2) is 0 Å². The molecule has 5 heteroatoms. The van der Waals surface area contributed by atoms with Crippen LogP contribution in [-0.4, -0.2) is 30.4 Å². The molecule has 124 valence electrons. The molecule has 2 rings (SSSR count). The Kier molecular flexibility index (Phi) is 6.77. The summed E-state index contributed by atoms with van der Waals surface area (Å²) < 4.78 is 0. The Bertz CT molecular complexity index is 582. The molecule has 1 aromatic carbocycles. The van der Waals surface area contributed by atoms with E-state index < -0.39 is 6.04 Å². The first-order valence-electron chi connectivity index (χ1n) is 8.01. The van der Waals surface area contributed by atoms with Crippen molar-refractivity contribution in [3.63, 3.8) is 0 Å². The van der Waals surface area contributed by atoms with Gasteiger partial charge in [0.25, 0.3) is 0 Å². The monoisotopic (exact) mass is 331 g/mol. The molecule has 2 aromatic rings. The molecule has 0 aliphatic heterocycles. The molecule has 2 unspecified atom stereocenters. The summed E-state index contributed by atoms with van der Waals surface area (Å²) in [4.78, 5) is 14.7. The van der Waals surface area contributed by atoms with Gasteiger partial charge >= 0.3 is 0 Å². The van der Waals surface area contributed by atoms with Crippen molar-refractivity contribution in [1.29, 1.82) is 0 Å². The number of thiophene rings is 1. The number of amides is 1. The van der Waals surface area contributed by atoms with Crippen LogP contribution in [-0.2, 0) is 4.79 Å². The number of benzene rings is 1. The van der Waals surface area contributed by atoms with Gasteiger partial charge < -0.3 is 11.1 Å². The van der Waals surface area contributed by atoms with Gasteiger partial charge in [0.15, 0.2) is 0 Å². The van der Waals surface area contributed by atoms with Crippen molar-refractivity contribution in [2.75, 3.05) is 19.6 Å². The first kappa shape index (κ1) is 17.7. The molecule has 1 aromatic heterocycles. The summed E-state index contributed by atoms with van der Waals surface area (Å²) in [6, 6.07) is 11.1. The minimum Gasteiger partial charge on any atom is -0.353 e. The van der Waals surface area contributed by atoms with E-state index in [4.69, 9.17) is 5.73 Å². The van der Waals surface area contributed by atoms with Crippen LogP contribution in [0.1, 0.15) is 37.1 Å². The van der Waals surface area contributed by atoms with E-state index in [0.717, 1.165) is 18.7 Å². The fourth-order valence-corrected chi connectivity index (χ4v) is 3.41. The predicted octanol–water partition coefficient (Wildman–Crippen LogP) is 2.95. The van der Waals surface area contributed by atoms with Gasteiger partial charge in [-0.15, -0.1) is 0 Å². The van der Waals surface area contributed by atoms with Crippen LogP contribution in [0.4, 0.5) is 0 Å². The van der Waals surface area contributed by atoms with E-state index in [9.17, 15) is 4.79 Å². The second-order valence-electron chi connectivity index (χ2n) is 5.43. The highest BCUT2D eigenvalue weighted by atomic mass is 32.1. The zero-order valence-electron chi connectivity index (χ0n) is 13.7. The molecule has 4 nitrogen and oxygen atoms in total. The van der Waals surface area contributed by atoms with Crippen molar-refractivity contribution in [2.45, 2.75) is 25.9 Å². The number of likely N-dealkylation sites (N-methyl/N-ethyl adjacent to an activating group) is 1. The van der Waals surface area contributed by atoms with Crippen molar-refractivity contribution >= 4 is 17.2 Å². The number of carbonyl (C=O) groups excluding carboxylic acids is 1. The molecule has 2 atom stereocenters. The Balaban J connectivity index is 2.02. The van der Waals surface area contributed by atoms with Gasteiger partial charge in [-0.1, -0.05) is 44.2 Å². The minimum absolute atomic E-state index is 0.136. The smallest absolute Gasteiger partial charge is 0.241 e. The molecule has 0 radical (unpaired) electrons. The van der Waals surface area contributed by atoms with E-state index in [1.165, 1.54) is 5.56 Å². The van der Waals surface area contributed by atoms with Crippen LogP contribution >= 0.6 is 11.3 Å². The first-order valence-corrected chi connectivity index (χ1v) is 8.96. The zero-order chi connectivity index (χ0) is 16.7. The molecule has 23 heavy (non-hydrogen) atoms. The summed E-state index contributed by atoms with van der Waals surface area (Å²) >= 11 is 1.68. The Labute approximate surface area is 142 Å². The second kappa shape index (κ2) is 8.82. The topological polar surface area (TPSA) is 58.4 Å². The summed E-state index contributed by atoms with van der Waals surface area (Å²) in [5.41, 5.74) is 8.14. The number of hydrogen-bond donors (Lipinski definition) is 2. The summed E-state index contributed by atoms with van der Waals surface area (Å²) in [6.07, 6.45) is 0. The maximum Gasteiger partial charge on any atom is 0.241 e. The van der Waals surface area contributed by atoms with Gasteiger partial charge in [0.2, 0.25) is 5.91 Å². The van der Waals surface area contributed by atoms with Gasteiger partial charge in [0.1, 0.15) is 6.04 Å². The van der Waals surface area contributed by atoms with Crippen LogP contribution in [0.25, 0.3) is 0 Å². The molecule has 0 fully saturated rings. The van der Waals surface area contributed by atoms with Crippen LogP contribution in [0, 0.1) is 0 Å². The van der Waals surface area contributed by atoms with Crippen molar-refractivity contribution in [3.05, 3.63) is 58.3 Å². The van der Waals surface area contributed by atoms with Gasteiger partial charge in [-0.2, -0.15) is 11.3 Å². The predicted molar refractivity (Wildman–Crippen MR) is 96.4 cm³/mol. The van der Waals surface area contributed by atoms with Gasteiger partial charge in [-0.3, -0.25) is 9.69 Å². The summed E-state index contributed by atoms with van der Waals surface area (Å²) in [6.45, 7) is 6.73. The summed E-state index contributed by atoms with van der Waals surface area (Å²) in [7, 11) is 0. The van der Waals surface area contributed by atoms with E-state index in [-0.39, 0.29) is 11.9 Å².